The second kappa shape index (κ2) is 6.16. The second-order valence-electron chi connectivity index (χ2n) is 3.70. The molecule has 0 fully saturated rings. The highest BCUT2D eigenvalue weighted by molar-refractivity contribution is 9.10. The van der Waals surface area contributed by atoms with Gasteiger partial charge >= 0.3 is 0 Å². The number of methoxy groups -OCH3 is 1. The van der Waals surface area contributed by atoms with Crippen molar-refractivity contribution in [2.24, 2.45) is 0 Å². The summed E-state index contributed by atoms with van der Waals surface area (Å²) in [4.78, 5) is 16.0. The average Bonchev–Trinajstić information content (AvgIpc) is 2.38. The van der Waals surface area contributed by atoms with Crippen molar-refractivity contribution in [1.29, 1.82) is 0 Å². The second-order valence-corrected chi connectivity index (χ2v) is 5.43. The molecule has 2 rings (SSSR count). The number of hydrogen-bond donors (Lipinski definition) is 1. The lowest BCUT2D eigenvalue weighted by atomic mass is 10.2. The van der Waals surface area contributed by atoms with Gasteiger partial charge in [-0.25, -0.2) is 4.98 Å². The molecule has 1 aromatic heterocycles. The molecular formula is C13H10Br2N2O2. The topological polar surface area (TPSA) is 51.2 Å². The Labute approximate surface area is 127 Å². The summed E-state index contributed by atoms with van der Waals surface area (Å²) >= 11 is 6.58. The number of aromatic nitrogens is 1. The highest BCUT2D eigenvalue weighted by Crippen LogP contribution is 2.24. The van der Waals surface area contributed by atoms with Crippen LogP contribution in [-0.2, 0) is 0 Å². The first-order valence-electron chi connectivity index (χ1n) is 5.36. The third-order valence-corrected chi connectivity index (χ3v) is 3.28. The Kier molecular flexibility index (Phi) is 4.55. The van der Waals surface area contributed by atoms with Gasteiger partial charge in [0.1, 0.15) is 10.4 Å². The first-order valence-corrected chi connectivity index (χ1v) is 6.94. The lowest BCUT2D eigenvalue weighted by Crippen LogP contribution is -2.12. The minimum atomic E-state index is -0.222. The molecule has 0 aliphatic carbocycles. The predicted molar refractivity (Wildman–Crippen MR) is 80.6 cm³/mol. The Bertz CT molecular complexity index is 600. The summed E-state index contributed by atoms with van der Waals surface area (Å²) in [6.07, 6.45) is 1.51. The Morgan fingerprint density at radius 1 is 1.26 bits per heavy atom. The molecule has 19 heavy (non-hydrogen) atoms. The molecule has 4 nitrogen and oxygen atoms in total. The van der Waals surface area contributed by atoms with E-state index in [0.717, 1.165) is 4.47 Å². The summed E-state index contributed by atoms with van der Waals surface area (Å²) < 4.78 is 6.66. The number of rotatable bonds is 3. The molecule has 98 valence electrons. The van der Waals surface area contributed by atoms with E-state index in [1.807, 2.05) is 6.07 Å². The van der Waals surface area contributed by atoms with Gasteiger partial charge in [0.15, 0.2) is 0 Å². The van der Waals surface area contributed by atoms with Crippen molar-refractivity contribution in [3.05, 3.63) is 51.2 Å². The molecule has 1 N–H and O–H groups in total. The highest BCUT2D eigenvalue weighted by atomic mass is 79.9. The molecule has 1 heterocycles. The van der Waals surface area contributed by atoms with Gasteiger partial charge in [0, 0.05) is 22.4 Å². The monoisotopic (exact) mass is 384 g/mol. The minimum Gasteiger partial charge on any atom is -0.497 e. The van der Waals surface area contributed by atoms with E-state index in [0.29, 0.717) is 21.6 Å². The van der Waals surface area contributed by atoms with Gasteiger partial charge in [-0.15, -0.1) is 0 Å². The van der Waals surface area contributed by atoms with Gasteiger partial charge in [-0.05, 0) is 40.2 Å². The maximum Gasteiger partial charge on any atom is 0.257 e. The molecular weight excluding hydrogens is 376 g/mol. The fourth-order valence-electron chi connectivity index (χ4n) is 1.47. The number of amides is 1. The fraction of sp³-hybridized carbons (Fsp3) is 0.0769. The number of carbonyl (C=O) groups excluding carboxylic acids is 1. The van der Waals surface area contributed by atoms with Crippen LogP contribution >= 0.6 is 31.9 Å². The number of hydrogen-bond acceptors (Lipinski definition) is 3. The summed E-state index contributed by atoms with van der Waals surface area (Å²) in [5.41, 5.74) is 1.14. The Morgan fingerprint density at radius 2 is 2.05 bits per heavy atom. The Morgan fingerprint density at radius 3 is 2.68 bits per heavy atom. The van der Waals surface area contributed by atoms with Gasteiger partial charge < -0.3 is 10.1 Å². The molecule has 0 aliphatic rings. The molecule has 6 heteroatoms. The van der Waals surface area contributed by atoms with Crippen LogP contribution in [0, 0.1) is 0 Å². The van der Waals surface area contributed by atoms with E-state index in [-0.39, 0.29) is 5.91 Å². The Balaban J connectivity index is 2.18. The smallest absolute Gasteiger partial charge is 0.257 e. The number of pyridine rings is 1. The molecule has 1 aromatic carbocycles. The first-order chi connectivity index (χ1) is 9.08. The van der Waals surface area contributed by atoms with E-state index in [9.17, 15) is 4.79 Å². The van der Waals surface area contributed by atoms with Gasteiger partial charge in [0.05, 0.1) is 12.7 Å². The number of nitrogens with zero attached hydrogens (tertiary/aromatic N) is 1. The first kappa shape index (κ1) is 14.0. The summed E-state index contributed by atoms with van der Waals surface area (Å²) in [5.74, 6) is 0.443. The van der Waals surface area contributed by atoms with Crippen LogP contribution in [0.15, 0.2) is 45.6 Å². The van der Waals surface area contributed by atoms with E-state index in [1.165, 1.54) is 6.20 Å². The van der Waals surface area contributed by atoms with E-state index >= 15 is 0 Å². The standard InChI is InChI=1S/C13H10Br2N2O2/c1-19-11-5-9(14)4-10(6-11)17-13(18)8-2-3-12(15)16-7-8/h2-7H,1H3,(H,17,18). The van der Waals surface area contributed by atoms with E-state index < -0.39 is 0 Å². The quantitative estimate of drug-likeness (QED) is 0.816. The van der Waals surface area contributed by atoms with Crippen molar-refractivity contribution >= 4 is 43.5 Å². The van der Waals surface area contributed by atoms with Crippen LogP contribution in [0.5, 0.6) is 5.75 Å². The van der Waals surface area contributed by atoms with Crippen LogP contribution in [0.4, 0.5) is 5.69 Å². The van der Waals surface area contributed by atoms with Crippen LogP contribution in [0.2, 0.25) is 0 Å². The predicted octanol–water partition coefficient (Wildman–Crippen LogP) is 3.87. The van der Waals surface area contributed by atoms with Crippen LogP contribution < -0.4 is 10.1 Å². The molecule has 0 radical (unpaired) electrons. The molecule has 2 aromatic rings. The maximum atomic E-state index is 12.0. The summed E-state index contributed by atoms with van der Waals surface area (Å²) in [5, 5.41) is 2.79. The number of anilines is 1. The number of ether oxygens (including phenoxy) is 1. The van der Waals surface area contributed by atoms with Crippen molar-refractivity contribution in [3.8, 4) is 5.75 Å². The van der Waals surface area contributed by atoms with Gasteiger partial charge in [-0.3, -0.25) is 4.79 Å². The maximum absolute atomic E-state index is 12.0. The van der Waals surface area contributed by atoms with E-state index in [4.69, 9.17) is 4.74 Å². The van der Waals surface area contributed by atoms with Crippen molar-refractivity contribution in [3.63, 3.8) is 0 Å². The van der Waals surface area contributed by atoms with E-state index in [1.54, 1.807) is 31.4 Å². The largest absolute Gasteiger partial charge is 0.497 e. The normalized spacial score (nSPS) is 10.1. The van der Waals surface area contributed by atoms with Crippen molar-refractivity contribution in [1.82, 2.24) is 4.98 Å². The lowest BCUT2D eigenvalue weighted by Gasteiger charge is -2.08. The molecule has 0 unspecified atom stereocenters. The van der Waals surface area contributed by atoms with Crippen molar-refractivity contribution in [2.75, 3.05) is 12.4 Å². The number of halogens is 2. The zero-order valence-corrected chi connectivity index (χ0v) is 13.2. The number of nitrogens with one attached hydrogen (secondary N) is 1. The zero-order valence-electron chi connectivity index (χ0n) is 9.98. The van der Waals surface area contributed by atoms with Gasteiger partial charge in [-0.1, -0.05) is 15.9 Å². The molecule has 0 saturated heterocycles. The molecule has 0 spiro atoms. The molecule has 0 aliphatic heterocycles. The van der Waals surface area contributed by atoms with Crippen LogP contribution in [0.1, 0.15) is 10.4 Å². The molecule has 0 saturated carbocycles. The van der Waals surface area contributed by atoms with Crippen LogP contribution in [-0.4, -0.2) is 18.0 Å². The van der Waals surface area contributed by atoms with E-state index in [2.05, 4.69) is 42.2 Å². The number of benzene rings is 1. The third kappa shape index (κ3) is 3.78. The highest BCUT2D eigenvalue weighted by Gasteiger charge is 2.08. The summed E-state index contributed by atoms with van der Waals surface area (Å²) in [7, 11) is 1.58. The number of carbonyl (C=O) groups is 1. The van der Waals surface area contributed by atoms with Crippen molar-refractivity contribution < 1.29 is 9.53 Å². The summed E-state index contributed by atoms with van der Waals surface area (Å²) in [6, 6.07) is 8.77. The fourth-order valence-corrected chi connectivity index (χ4v) is 2.17. The van der Waals surface area contributed by atoms with Gasteiger partial charge in [-0.2, -0.15) is 0 Å². The van der Waals surface area contributed by atoms with Crippen LogP contribution in [0.3, 0.4) is 0 Å². The summed E-state index contributed by atoms with van der Waals surface area (Å²) in [6.45, 7) is 0. The third-order valence-electron chi connectivity index (χ3n) is 2.35. The van der Waals surface area contributed by atoms with Gasteiger partial charge in [0.25, 0.3) is 5.91 Å². The molecule has 1 amide bonds. The average molecular weight is 386 g/mol. The van der Waals surface area contributed by atoms with Gasteiger partial charge in [0.2, 0.25) is 0 Å². The minimum absolute atomic E-state index is 0.222. The van der Waals surface area contributed by atoms with Crippen LogP contribution in [0.25, 0.3) is 0 Å². The molecule has 0 atom stereocenters. The molecule has 0 bridgehead atoms. The van der Waals surface area contributed by atoms with Crippen molar-refractivity contribution in [2.45, 2.75) is 0 Å². The zero-order chi connectivity index (χ0) is 13.8. The lowest BCUT2D eigenvalue weighted by molar-refractivity contribution is 0.102. The SMILES string of the molecule is COc1cc(Br)cc(NC(=O)c2ccc(Br)nc2)c1. The Hall–Kier alpha value is -1.40.